The highest BCUT2D eigenvalue weighted by molar-refractivity contribution is 6.00. The van der Waals surface area contributed by atoms with Gasteiger partial charge in [0.1, 0.15) is 0 Å². The van der Waals surface area contributed by atoms with Crippen molar-refractivity contribution in [3.63, 3.8) is 0 Å². The quantitative estimate of drug-likeness (QED) is 0.562. The zero-order valence-electron chi connectivity index (χ0n) is 15.5. The average molecular weight is 357 g/mol. The van der Waals surface area contributed by atoms with Crippen LogP contribution < -0.4 is 0 Å². The highest BCUT2D eigenvalue weighted by atomic mass is 16.5. The second kappa shape index (κ2) is 8.47. The molecule has 26 heavy (non-hydrogen) atoms. The molecular formula is C20H23NO5. The number of esters is 2. The summed E-state index contributed by atoms with van der Waals surface area (Å²) in [4.78, 5) is 35.8. The SMILES string of the molecule is COC(=O)CCn1c(C)cc(C(=O)COC(=O)c2ccc(C)cc2)c1C. The molecule has 0 bridgehead atoms. The molecule has 1 aromatic carbocycles. The maximum absolute atomic E-state index is 12.4. The number of ketones is 1. The summed E-state index contributed by atoms with van der Waals surface area (Å²) in [6.07, 6.45) is 0.225. The average Bonchev–Trinajstić information content (AvgIpc) is 2.92. The van der Waals surface area contributed by atoms with Gasteiger partial charge < -0.3 is 14.0 Å². The summed E-state index contributed by atoms with van der Waals surface area (Å²) in [5.74, 6) is -1.11. The van der Waals surface area contributed by atoms with E-state index in [2.05, 4.69) is 4.74 Å². The van der Waals surface area contributed by atoms with Crippen LogP contribution in [0.1, 0.15) is 44.1 Å². The molecule has 0 radical (unpaired) electrons. The van der Waals surface area contributed by atoms with Crippen molar-refractivity contribution in [1.82, 2.24) is 4.57 Å². The van der Waals surface area contributed by atoms with Crippen LogP contribution in [-0.4, -0.2) is 36.0 Å². The number of methoxy groups -OCH3 is 1. The van der Waals surface area contributed by atoms with E-state index in [1.54, 1.807) is 25.1 Å². The van der Waals surface area contributed by atoms with E-state index in [0.717, 1.165) is 17.0 Å². The van der Waals surface area contributed by atoms with Crippen LogP contribution in [0.3, 0.4) is 0 Å². The molecule has 0 aliphatic rings. The Kier molecular flexibility index (Phi) is 6.33. The molecule has 0 atom stereocenters. The highest BCUT2D eigenvalue weighted by Gasteiger charge is 2.18. The van der Waals surface area contributed by atoms with Crippen molar-refractivity contribution in [2.45, 2.75) is 33.7 Å². The lowest BCUT2D eigenvalue weighted by molar-refractivity contribution is -0.140. The standard InChI is InChI=1S/C20H23NO5/c1-13-5-7-16(8-6-13)20(24)26-12-18(22)17-11-14(2)21(15(17)3)10-9-19(23)25-4/h5-8,11H,9-10,12H2,1-4H3. The van der Waals surface area contributed by atoms with Crippen LogP contribution in [-0.2, 0) is 20.8 Å². The molecule has 6 nitrogen and oxygen atoms in total. The van der Waals surface area contributed by atoms with E-state index in [9.17, 15) is 14.4 Å². The summed E-state index contributed by atoms with van der Waals surface area (Å²) in [7, 11) is 1.34. The van der Waals surface area contributed by atoms with Gasteiger partial charge in [-0.25, -0.2) is 4.79 Å². The third-order valence-corrected chi connectivity index (χ3v) is 4.26. The lowest BCUT2D eigenvalue weighted by Gasteiger charge is -2.09. The van der Waals surface area contributed by atoms with Crippen molar-refractivity contribution in [2.75, 3.05) is 13.7 Å². The Hall–Kier alpha value is -2.89. The normalized spacial score (nSPS) is 10.5. The van der Waals surface area contributed by atoms with E-state index < -0.39 is 5.97 Å². The minimum Gasteiger partial charge on any atom is -0.469 e. The summed E-state index contributed by atoms with van der Waals surface area (Å²) >= 11 is 0. The number of aromatic nitrogens is 1. The van der Waals surface area contributed by atoms with Crippen LogP contribution in [0.2, 0.25) is 0 Å². The molecule has 2 aromatic rings. The molecule has 0 amide bonds. The number of nitrogens with zero attached hydrogens (tertiary/aromatic N) is 1. The summed E-state index contributed by atoms with van der Waals surface area (Å²) in [6, 6.07) is 8.71. The maximum Gasteiger partial charge on any atom is 0.338 e. The lowest BCUT2D eigenvalue weighted by atomic mass is 10.1. The summed E-state index contributed by atoms with van der Waals surface area (Å²) in [5, 5.41) is 0. The van der Waals surface area contributed by atoms with Gasteiger partial charge >= 0.3 is 11.9 Å². The van der Waals surface area contributed by atoms with Crippen LogP contribution in [0, 0.1) is 20.8 Å². The molecule has 0 spiro atoms. The van der Waals surface area contributed by atoms with E-state index in [4.69, 9.17) is 4.74 Å². The largest absolute Gasteiger partial charge is 0.469 e. The first kappa shape index (κ1) is 19.4. The Labute approximate surface area is 152 Å². The molecule has 1 aromatic heterocycles. The predicted octanol–water partition coefficient (Wildman–Crippen LogP) is 3.02. The number of carbonyl (C=O) groups is 3. The highest BCUT2D eigenvalue weighted by Crippen LogP contribution is 2.17. The van der Waals surface area contributed by atoms with E-state index in [1.165, 1.54) is 7.11 Å². The summed E-state index contributed by atoms with van der Waals surface area (Å²) in [5.41, 5.74) is 3.54. The monoisotopic (exact) mass is 357 g/mol. The zero-order chi connectivity index (χ0) is 19.3. The van der Waals surface area contributed by atoms with E-state index >= 15 is 0 Å². The van der Waals surface area contributed by atoms with Gasteiger partial charge in [-0.1, -0.05) is 17.7 Å². The zero-order valence-corrected chi connectivity index (χ0v) is 15.5. The topological polar surface area (TPSA) is 74.6 Å². The van der Waals surface area contributed by atoms with E-state index in [-0.39, 0.29) is 24.8 Å². The van der Waals surface area contributed by atoms with Crippen molar-refractivity contribution in [2.24, 2.45) is 0 Å². The maximum atomic E-state index is 12.4. The second-order valence-corrected chi connectivity index (χ2v) is 6.13. The van der Waals surface area contributed by atoms with Gasteiger partial charge in [-0.15, -0.1) is 0 Å². The van der Waals surface area contributed by atoms with Gasteiger partial charge in [0.05, 0.1) is 19.1 Å². The molecule has 0 aliphatic heterocycles. The van der Waals surface area contributed by atoms with Crippen molar-refractivity contribution >= 4 is 17.7 Å². The van der Waals surface area contributed by atoms with Crippen molar-refractivity contribution in [3.05, 3.63) is 58.4 Å². The number of hydrogen-bond donors (Lipinski definition) is 0. The minimum absolute atomic E-state index is 0.225. The molecule has 1 heterocycles. The van der Waals surface area contributed by atoms with Crippen LogP contribution in [0.15, 0.2) is 30.3 Å². The second-order valence-electron chi connectivity index (χ2n) is 6.13. The smallest absolute Gasteiger partial charge is 0.338 e. The summed E-state index contributed by atoms with van der Waals surface area (Å²) in [6.45, 7) is 5.70. The Balaban J connectivity index is 2.02. The lowest BCUT2D eigenvalue weighted by Crippen LogP contribution is -2.15. The molecule has 2 rings (SSSR count). The number of aryl methyl sites for hydroxylation is 2. The number of rotatable bonds is 7. The van der Waals surface area contributed by atoms with E-state index in [0.29, 0.717) is 17.7 Å². The van der Waals surface area contributed by atoms with Gasteiger partial charge in [-0.2, -0.15) is 0 Å². The molecule has 6 heteroatoms. The van der Waals surface area contributed by atoms with Gasteiger partial charge in [0.2, 0.25) is 5.78 Å². The molecule has 0 fully saturated rings. The van der Waals surface area contributed by atoms with Crippen molar-refractivity contribution < 1.29 is 23.9 Å². The number of Topliss-reactive ketones (excluding diaryl/α,β-unsaturated/α-hetero) is 1. The fraction of sp³-hybridized carbons (Fsp3) is 0.350. The van der Waals surface area contributed by atoms with Gasteiger partial charge in [-0.3, -0.25) is 9.59 Å². The molecule has 138 valence electrons. The molecule has 0 aliphatic carbocycles. The van der Waals surface area contributed by atoms with Gasteiger partial charge in [0.25, 0.3) is 0 Å². The number of carbonyl (C=O) groups excluding carboxylic acids is 3. The first-order valence-corrected chi connectivity index (χ1v) is 8.34. The Morgan fingerprint density at radius 1 is 1.04 bits per heavy atom. The van der Waals surface area contributed by atoms with Crippen LogP contribution in [0.5, 0.6) is 0 Å². The van der Waals surface area contributed by atoms with E-state index in [1.807, 2.05) is 30.5 Å². The van der Waals surface area contributed by atoms with Gasteiger partial charge in [-0.05, 0) is 39.0 Å². The Morgan fingerprint density at radius 2 is 1.69 bits per heavy atom. The third kappa shape index (κ3) is 4.59. The Bertz CT molecular complexity index is 817. The first-order chi connectivity index (χ1) is 12.3. The molecule has 0 saturated carbocycles. The Morgan fingerprint density at radius 3 is 2.31 bits per heavy atom. The number of ether oxygens (including phenoxy) is 2. The van der Waals surface area contributed by atoms with Gasteiger partial charge in [0, 0.05) is 23.5 Å². The van der Waals surface area contributed by atoms with Crippen molar-refractivity contribution in [3.8, 4) is 0 Å². The number of benzene rings is 1. The fourth-order valence-electron chi connectivity index (χ4n) is 2.71. The number of hydrogen-bond acceptors (Lipinski definition) is 5. The van der Waals surface area contributed by atoms with Gasteiger partial charge in [0.15, 0.2) is 6.61 Å². The fourth-order valence-corrected chi connectivity index (χ4v) is 2.71. The minimum atomic E-state index is -0.530. The third-order valence-electron chi connectivity index (χ3n) is 4.26. The van der Waals surface area contributed by atoms with Crippen LogP contribution >= 0.6 is 0 Å². The molecular weight excluding hydrogens is 334 g/mol. The molecule has 0 saturated heterocycles. The predicted molar refractivity (Wildman–Crippen MR) is 96.3 cm³/mol. The van der Waals surface area contributed by atoms with Crippen LogP contribution in [0.25, 0.3) is 0 Å². The van der Waals surface area contributed by atoms with Crippen molar-refractivity contribution in [1.29, 1.82) is 0 Å². The molecule has 0 N–H and O–H groups in total. The molecule has 0 unspecified atom stereocenters. The first-order valence-electron chi connectivity index (χ1n) is 8.34. The van der Waals surface area contributed by atoms with Crippen LogP contribution in [0.4, 0.5) is 0 Å². The summed E-state index contributed by atoms with van der Waals surface area (Å²) < 4.78 is 11.7.